The van der Waals surface area contributed by atoms with E-state index in [0.29, 0.717) is 6.04 Å². The Kier molecular flexibility index (Phi) is 8.40. The zero-order chi connectivity index (χ0) is 26.2. The molecule has 2 aromatic carbocycles. The van der Waals surface area contributed by atoms with Crippen LogP contribution in [0.2, 0.25) is 0 Å². The van der Waals surface area contributed by atoms with E-state index < -0.39 is 0 Å². The Labute approximate surface area is 228 Å². The minimum atomic E-state index is 0.383. The lowest BCUT2D eigenvalue weighted by atomic mass is 10.0. The molecule has 2 heteroatoms. The molecule has 1 unspecified atom stereocenters. The van der Waals surface area contributed by atoms with Gasteiger partial charge >= 0.3 is 0 Å². The summed E-state index contributed by atoms with van der Waals surface area (Å²) < 4.78 is 0. The molecule has 0 saturated carbocycles. The van der Waals surface area contributed by atoms with Crippen molar-refractivity contribution >= 4 is 11.4 Å². The lowest BCUT2D eigenvalue weighted by Crippen LogP contribution is -2.31. The molecule has 0 radical (unpaired) electrons. The van der Waals surface area contributed by atoms with Crippen molar-refractivity contribution in [2.45, 2.75) is 52.0 Å². The van der Waals surface area contributed by atoms with Gasteiger partial charge in [0.2, 0.25) is 0 Å². The van der Waals surface area contributed by atoms with Gasteiger partial charge in [0.1, 0.15) is 0 Å². The van der Waals surface area contributed by atoms with E-state index in [1.807, 2.05) is 13.8 Å². The summed E-state index contributed by atoms with van der Waals surface area (Å²) in [5, 5.41) is 0. The molecule has 1 atom stereocenters. The largest absolute Gasteiger partial charge is 0.334 e. The maximum Gasteiger partial charge on any atom is 0.0595 e. The maximum atomic E-state index is 2.56. The van der Waals surface area contributed by atoms with Crippen LogP contribution < -0.4 is 9.80 Å². The van der Waals surface area contributed by atoms with E-state index in [1.54, 1.807) is 0 Å². The molecule has 3 aliphatic carbocycles. The van der Waals surface area contributed by atoms with Crippen molar-refractivity contribution < 1.29 is 0 Å². The van der Waals surface area contributed by atoms with Gasteiger partial charge in [0.15, 0.2) is 0 Å². The Bertz CT molecular complexity index is 1350. The lowest BCUT2D eigenvalue weighted by Gasteiger charge is -2.31. The van der Waals surface area contributed by atoms with E-state index in [0.717, 1.165) is 32.1 Å². The quantitative estimate of drug-likeness (QED) is 0.405. The Morgan fingerprint density at radius 1 is 0.763 bits per heavy atom. The molecule has 192 valence electrons. The summed E-state index contributed by atoms with van der Waals surface area (Å²) in [6.07, 6.45) is 30.4. The van der Waals surface area contributed by atoms with Crippen LogP contribution in [0.5, 0.6) is 0 Å². The standard InChI is InChI=1S/C34H32N2.C2H6/c1-5-14-28-26-34(36(33(28)23-12-1)31-20-10-4-11-21-31)27-15-13-22-32(25-24-27)35(29-16-6-2-7-17-29)30-18-8-3-9-19-30;1-2/h1-8,10-11,13-14,16-18,20-22,24-26,33H,9,12,15,19,23H2;1-2H3. The maximum absolute atomic E-state index is 2.56. The van der Waals surface area contributed by atoms with Gasteiger partial charge in [-0.3, -0.25) is 0 Å². The minimum Gasteiger partial charge on any atom is -0.334 e. The van der Waals surface area contributed by atoms with E-state index >= 15 is 0 Å². The Morgan fingerprint density at radius 2 is 1.50 bits per heavy atom. The van der Waals surface area contributed by atoms with Crippen LogP contribution in [-0.2, 0) is 0 Å². The molecule has 0 fully saturated rings. The number of para-hydroxylation sites is 2. The van der Waals surface area contributed by atoms with Gasteiger partial charge in [0.05, 0.1) is 6.04 Å². The zero-order valence-corrected chi connectivity index (χ0v) is 22.6. The van der Waals surface area contributed by atoms with Crippen LogP contribution >= 0.6 is 0 Å². The molecule has 0 aromatic heterocycles. The number of nitrogens with zero attached hydrogens (tertiary/aromatic N) is 2. The SMILES string of the molecule is C1=CCCC(N(C2=CC=C(C3=CC4=CC=CCCC4N3c3ccccc3)CC=C2)c2ccccc2)=C1.CC. The number of hydrogen-bond acceptors (Lipinski definition) is 2. The van der Waals surface area contributed by atoms with Crippen LogP contribution in [0, 0.1) is 0 Å². The molecular weight excluding hydrogens is 460 g/mol. The molecule has 0 amide bonds. The predicted molar refractivity (Wildman–Crippen MR) is 164 cm³/mol. The molecule has 0 spiro atoms. The molecule has 1 aliphatic heterocycles. The highest BCUT2D eigenvalue weighted by Crippen LogP contribution is 2.40. The highest BCUT2D eigenvalue weighted by Gasteiger charge is 2.32. The summed E-state index contributed by atoms with van der Waals surface area (Å²) in [5.41, 5.74) is 9.10. The highest BCUT2D eigenvalue weighted by atomic mass is 15.2. The normalized spacial score (nSPS) is 20.0. The fourth-order valence-corrected chi connectivity index (χ4v) is 5.57. The van der Waals surface area contributed by atoms with Crippen LogP contribution in [-0.4, -0.2) is 6.04 Å². The fraction of sp³-hybridized carbons (Fsp3) is 0.222. The first-order chi connectivity index (χ1) is 18.9. The van der Waals surface area contributed by atoms with Crippen LogP contribution in [0.3, 0.4) is 0 Å². The Morgan fingerprint density at radius 3 is 2.26 bits per heavy atom. The third kappa shape index (κ3) is 5.45. The van der Waals surface area contributed by atoms with E-state index in [9.17, 15) is 0 Å². The van der Waals surface area contributed by atoms with Crippen molar-refractivity contribution in [2.75, 3.05) is 9.80 Å². The smallest absolute Gasteiger partial charge is 0.0595 e. The topological polar surface area (TPSA) is 6.48 Å². The first-order valence-corrected chi connectivity index (χ1v) is 14.1. The number of benzene rings is 2. The van der Waals surface area contributed by atoms with Crippen molar-refractivity contribution in [3.8, 4) is 0 Å². The summed E-state index contributed by atoms with van der Waals surface area (Å²) in [6, 6.07) is 22.0. The molecule has 4 aliphatic rings. The predicted octanol–water partition coefficient (Wildman–Crippen LogP) is 9.57. The van der Waals surface area contributed by atoms with Crippen molar-refractivity contribution in [1.82, 2.24) is 0 Å². The van der Waals surface area contributed by atoms with E-state index in [-0.39, 0.29) is 0 Å². The number of rotatable bonds is 5. The Balaban J connectivity index is 0.00000144. The molecule has 0 saturated heterocycles. The minimum absolute atomic E-state index is 0.383. The fourth-order valence-electron chi connectivity index (χ4n) is 5.57. The van der Waals surface area contributed by atoms with Crippen LogP contribution in [0.1, 0.15) is 46.0 Å². The van der Waals surface area contributed by atoms with Crippen molar-refractivity contribution in [2.24, 2.45) is 0 Å². The van der Waals surface area contributed by atoms with Crippen LogP contribution in [0.4, 0.5) is 11.4 Å². The molecule has 1 heterocycles. The third-order valence-electron chi connectivity index (χ3n) is 7.29. The van der Waals surface area contributed by atoms with E-state index in [4.69, 9.17) is 0 Å². The second kappa shape index (κ2) is 12.5. The molecular formula is C36H38N2. The van der Waals surface area contributed by atoms with Gasteiger partial charge in [-0.2, -0.15) is 0 Å². The lowest BCUT2D eigenvalue weighted by molar-refractivity contribution is 0.697. The van der Waals surface area contributed by atoms with Crippen LogP contribution in [0.25, 0.3) is 0 Å². The average Bonchev–Trinajstić information content (AvgIpc) is 3.14. The highest BCUT2D eigenvalue weighted by molar-refractivity contribution is 5.68. The number of fused-ring (bicyclic) bond motifs is 1. The van der Waals surface area contributed by atoms with Crippen molar-refractivity contribution in [1.29, 1.82) is 0 Å². The summed E-state index contributed by atoms with van der Waals surface area (Å²) in [7, 11) is 0. The molecule has 0 bridgehead atoms. The number of hydrogen-bond donors (Lipinski definition) is 0. The van der Waals surface area contributed by atoms with Gasteiger partial charge in [0, 0.05) is 28.5 Å². The third-order valence-corrected chi connectivity index (χ3v) is 7.29. The summed E-state index contributed by atoms with van der Waals surface area (Å²) in [5.74, 6) is 0. The number of anilines is 2. The average molecular weight is 499 g/mol. The zero-order valence-electron chi connectivity index (χ0n) is 22.6. The first-order valence-electron chi connectivity index (χ1n) is 14.1. The molecule has 2 nitrogen and oxygen atoms in total. The second-order valence-corrected chi connectivity index (χ2v) is 9.61. The van der Waals surface area contributed by atoms with Crippen molar-refractivity contribution in [3.63, 3.8) is 0 Å². The van der Waals surface area contributed by atoms with Gasteiger partial charge in [0.25, 0.3) is 0 Å². The molecule has 6 rings (SSSR count). The summed E-state index contributed by atoms with van der Waals surface area (Å²) >= 11 is 0. The molecule has 0 N–H and O–H groups in total. The van der Waals surface area contributed by atoms with Crippen LogP contribution in [0.15, 0.2) is 156 Å². The van der Waals surface area contributed by atoms with Gasteiger partial charge in [-0.15, -0.1) is 0 Å². The summed E-state index contributed by atoms with van der Waals surface area (Å²) in [4.78, 5) is 4.97. The van der Waals surface area contributed by atoms with Gasteiger partial charge < -0.3 is 9.80 Å². The molecule has 38 heavy (non-hydrogen) atoms. The monoisotopic (exact) mass is 498 g/mol. The van der Waals surface area contributed by atoms with Crippen molar-refractivity contribution in [3.05, 3.63) is 156 Å². The Hall–Kier alpha value is -4.04. The second-order valence-electron chi connectivity index (χ2n) is 9.61. The van der Waals surface area contributed by atoms with Gasteiger partial charge in [-0.05, 0) is 91.8 Å². The summed E-state index contributed by atoms with van der Waals surface area (Å²) in [6.45, 7) is 4.00. The first kappa shape index (κ1) is 25.6. The van der Waals surface area contributed by atoms with Gasteiger partial charge in [-0.25, -0.2) is 0 Å². The van der Waals surface area contributed by atoms with Gasteiger partial charge in [-0.1, -0.05) is 92.8 Å². The van der Waals surface area contributed by atoms with E-state index in [2.05, 4.69) is 137 Å². The molecule has 2 aromatic rings. The number of allylic oxidation sites excluding steroid dienone is 12. The van der Waals surface area contributed by atoms with E-state index in [1.165, 1.54) is 39.6 Å².